The minimum atomic E-state index is -3.65. The normalized spacial score (nSPS) is 13.6. The van der Waals surface area contributed by atoms with Crippen molar-refractivity contribution >= 4 is 10.0 Å². The standard InChI is InChI=1S/C23H33NO2S/c1-15(2)20-13-21(16(3)4)23(22(14-20)17(5)6)27(25,26)24-18(7)19-11-9-8-10-12-19/h8-18,24H,1-7H3. The van der Waals surface area contributed by atoms with Crippen LogP contribution in [-0.2, 0) is 10.0 Å². The predicted octanol–water partition coefficient (Wildman–Crippen LogP) is 6.10. The van der Waals surface area contributed by atoms with Gasteiger partial charge in [0.1, 0.15) is 0 Å². The van der Waals surface area contributed by atoms with Crippen LogP contribution in [0, 0.1) is 0 Å². The largest absolute Gasteiger partial charge is 0.241 e. The molecule has 2 aromatic rings. The zero-order valence-electron chi connectivity index (χ0n) is 17.6. The Hall–Kier alpha value is -1.65. The molecule has 0 heterocycles. The topological polar surface area (TPSA) is 46.2 Å². The van der Waals surface area contributed by atoms with Crippen LogP contribution in [0.25, 0.3) is 0 Å². The smallest absolute Gasteiger partial charge is 0.207 e. The average molecular weight is 388 g/mol. The van der Waals surface area contributed by atoms with Crippen LogP contribution in [0.3, 0.4) is 0 Å². The molecule has 0 bridgehead atoms. The summed E-state index contributed by atoms with van der Waals surface area (Å²) in [5.41, 5.74) is 3.95. The van der Waals surface area contributed by atoms with Crippen molar-refractivity contribution in [2.75, 3.05) is 0 Å². The molecule has 2 aromatic carbocycles. The minimum Gasteiger partial charge on any atom is -0.207 e. The van der Waals surface area contributed by atoms with E-state index in [-0.39, 0.29) is 17.9 Å². The van der Waals surface area contributed by atoms with Gasteiger partial charge in [-0.05, 0) is 46.9 Å². The Labute approximate surface area is 165 Å². The Bertz CT molecular complexity index is 840. The van der Waals surface area contributed by atoms with Gasteiger partial charge < -0.3 is 0 Å². The monoisotopic (exact) mass is 387 g/mol. The van der Waals surface area contributed by atoms with E-state index in [9.17, 15) is 8.42 Å². The van der Waals surface area contributed by atoms with Crippen LogP contribution in [0.4, 0.5) is 0 Å². The summed E-state index contributed by atoms with van der Waals surface area (Å²) in [6.45, 7) is 14.4. The van der Waals surface area contributed by atoms with Gasteiger partial charge in [-0.2, -0.15) is 0 Å². The summed E-state index contributed by atoms with van der Waals surface area (Å²) in [5.74, 6) is 0.604. The molecule has 1 unspecified atom stereocenters. The van der Waals surface area contributed by atoms with Gasteiger partial charge in [0, 0.05) is 6.04 Å². The lowest BCUT2D eigenvalue weighted by molar-refractivity contribution is 0.562. The quantitative estimate of drug-likeness (QED) is 0.624. The van der Waals surface area contributed by atoms with E-state index in [0.717, 1.165) is 16.7 Å². The highest BCUT2D eigenvalue weighted by Crippen LogP contribution is 2.35. The van der Waals surface area contributed by atoms with Crippen molar-refractivity contribution in [3.05, 3.63) is 64.7 Å². The zero-order chi connectivity index (χ0) is 20.4. The van der Waals surface area contributed by atoms with E-state index in [2.05, 4.69) is 58.4 Å². The zero-order valence-corrected chi connectivity index (χ0v) is 18.4. The molecule has 1 atom stereocenters. The van der Waals surface area contributed by atoms with Gasteiger partial charge in [0.2, 0.25) is 10.0 Å². The van der Waals surface area contributed by atoms with E-state index in [1.807, 2.05) is 37.3 Å². The highest BCUT2D eigenvalue weighted by molar-refractivity contribution is 7.89. The van der Waals surface area contributed by atoms with Crippen molar-refractivity contribution in [1.29, 1.82) is 0 Å². The maximum atomic E-state index is 13.4. The molecule has 3 nitrogen and oxygen atoms in total. The molecule has 0 saturated heterocycles. The summed E-state index contributed by atoms with van der Waals surface area (Å²) >= 11 is 0. The van der Waals surface area contributed by atoms with Gasteiger partial charge in [0.25, 0.3) is 0 Å². The van der Waals surface area contributed by atoms with Gasteiger partial charge in [-0.15, -0.1) is 0 Å². The van der Waals surface area contributed by atoms with Crippen molar-refractivity contribution in [1.82, 2.24) is 4.72 Å². The molecule has 0 spiro atoms. The van der Waals surface area contributed by atoms with E-state index in [1.54, 1.807) is 0 Å². The Balaban J connectivity index is 2.60. The second kappa shape index (κ2) is 8.57. The molecule has 0 saturated carbocycles. The van der Waals surface area contributed by atoms with Crippen molar-refractivity contribution in [2.45, 2.75) is 77.2 Å². The lowest BCUT2D eigenvalue weighted by atomic mass is 9.89. The molecule has 2 rings (SSSR count). The number of nitrogens with one attached hydrogen (secondary N) is 1. The lowest BCUT2D eigenvalue weighted by Crippen LogP contribution is -2.29. The van der Waals surface area contributed by atoms with Gasteiger partial charge in [0.05, 0.1) is 4.90 Å². The fourth-order valence-electron chi connectivity index (χ4n) is 3.30. The van der Waals surface area contributed by atoms with Gasteiger partial charge >= 0.3 is 0 Å². The number of benzene rings is 2. The molecular weight excluding hydrogens is 354 g/mol. The Morgan fingerprint density at radius 3 is 1.59 bits per heavy atom. The third kappa shape index (κ3) is 4.99. The first-order valence-corrected chi connectivity index (χ1v) is 11.3. The maximum absolute atomic E-state index is 13.4. The molecule has 0 aliphatic heterocycles. The average Bonchev–Trinajstić information content (AvgIpc) is 2.60. The molecule has 0 aromatic heterocycles. The summed E-state index contributed by atoms with van der Waals surface area (Å²) in [5, 5.41) is 0. The molecule has 148 valence electrons. The predicted molar refractivity (Wildman–Crippen MR) is 114 cm³/mol. The molecule has 0 fully saturated rings. The summed E-state index contributed by atoms with van der Waals surface area (Å²) in [4.78, 5) is 0.458. The highest BCUT2D eigenvalue weighted by Gasteiger charge is 2.28. The molecular formula is C23H33NO2S. The van der Waals surface area contributed by atoms with Gasteiger partial charge in [-0.25, -0.2) is 13.1 Å². The number of hydrogen-bond donors (Lipinski definition) is 1. The Morgan fingerprint density at radius 1 is 0.704 bits per heavy atom. The van der Waals surface area contributed by atoms with Crippen LogP contribution in [0.1, 0.15) is 94.5 Å². The summed E-state index contributed by atoms with van der Waals surface area (Å²) < 4.78 is 29.8. The van der Waals surface area contributed by atoms with Crippen molar-refractivity contribution in [2.24, 2.45) is 0 Å². The van der Waals surface area contributed by atoms with E-state index in [1.165, 1.54) is 5.56 Å². The number of sulfonamides is 1. The third-order valence-electron chi connectivity index (χ3n) is 4.98. The minimum absolute atomic E-state index is 0.125. The van der Waals surface area contributed by atoms with Crippen LogP contribution in [0.5, 0.6) is 0 Å². The fourth-order valence-corrected chi connectivity index (χ4v) is 5.23. The molecule has 0 radical (unpaired) electrons. The molecule has 0 aliphatic carbocycles. The van der Waals surface area contributed by atoms with Gasteiger partial charge in [-0.3, -0.25) is 0 Å². The molecule has 27 heavy (non-hydrogen) atoms. The van der Waals surface area contributed by atoms with E-state index in [0.29, 0.717) is 10.8 Å². The Kier molecular flexibility index (Phi) is 6.87. The second-order valence-electron chi connectivity index (χ2n) is 8.25. The molecule has 1 N–H and O–H groups in total. The molecule has 4 heteroatoms. The van der Waals surface area contributed by atoms with Crippen LogP contribution in [0.15, 0.2) is 47.4 Å². The SMILES string of the molecule is CC(C)c1cc(C(C)C)c(S(=O)(=O)NC(C)c2ccccc2)c(C(C)C)c1. The molecule has 0 amide bonds. The maximum Gasteiger partial charge on any atom is 0.241 e. The summed E-state index contributed by atoms with van der Waals surface area (Å²) in [6.07, 6.45) is 0. The van der Waals surface area contributed by atoms with Crippen molar-refractivity contribution < 1.29 is 8.42 Å². The highest BCUT2D eigenvalue weighted by atomic mass is 32.2. The van der Waals surface area contributed by atoms with Crippen LogP contribution in [0.2, 0.25) is 0 Å². The van der Waals surface area contributed by atoms with Crippen molar-refractivity contribution in [3.63, 3.8) is 0 Å². The second-order valence-corrected chi connectivity index (χ2v) is 9.90. The first kappa shape index (κ1) is 21.6. The first-order chi connectivity index (χ1) is 12.5. The van der Waals surface area contributed by atoms with Crippen LogP contribution < -0.4 is 4.72 Å². The first-order valence-electron chi connectivity index (χ1n) is 9.79. The Morgan fingerprint density at radius 2 is 1.19 bits per heavy atom. The third-order valence-corrected chi connectivity index (χ3v) is 6.65. The van der Waals surface area contributed by atoms with E-state index < -0.39 is 10.0 Å². The van der Waals surface area contributed by atoms with Crippen LogP contribution in [-0.4, -0.2) is 8.42 Å². The fraction of sp³-hybridized carbons (Fsp3) is 0.478. The number of rotatable bonds is 7. The summed E-state index contributed by atoms with van der Waals surface area (Å²) in [6, 6.07) is 13.5. The van der Waals surface area contributed by atoms with Gasteiger partial charge in [0.15, 0.2) is 0 Å². The van der Waals surface area contributed by atoms with Gasteiger partial charge in [-0.1, -0.05) is 84.0 Å². The van der Waals surface area contributed by atoms with Crippen LogP contribution >= 0.6 is 0 Å². The number of hydrogen-bond acceptors (Lipinski definition) is 2. The van der Waals surface area contributed by atoms with Crippen molar-refractivity contribution in [3.8, 4) is 0 Å². The summed E-state index contributed by atoms with van der Waals surface area (Å²) in [7, 11) is -3.65. The lowest BCUT2D eigenvalue weighted by Gasteiger charge is -2.24. The van der Waals surface area contributed by atoms with E-state index in [4.69, 9.17) is 0 Å². The van der Waals surface area contributed by atoms with E-state index >= 15 is 0 Å². The molecule has 0 aliphatic rings.